The molecule has 8 heteroatoms. The molecule has 1 fully saturated rings. The van der Waals surface area contributed by atoms with Crippen LogP contribution >= 0.6 is 37.2 Å². The molecule has 0 saturated carbocycles. The Hall–Kier alpha value is -2.15. The van der Waals surface area contributed by atoms with Crippen molar-refractivity contribution in [3.05, 3.63) is 82.4 Å². The average Bonchev–Trinajstić information content (AvgIpc) is 2.88. The van der Waals surface area contributed by atoms with Crippen LogP contribution in [0.3, 0.4) is 0 Å². The lowest BCUT2D eigenvalue weighted by Crippen LogP contribution is -2.40. The van der Waals surface area contributed by atoms with Crippen molar-refractivity contribution in [2.45, 2.75) is 52.6 Å². The minimum atomic E-state index is -0.419. The molecular formula is C30H42Cl3N3O2. The van der Waals surface area contributed by atoms with Gasteiger partial charge in [0.15, 0.2) is 0 Å². The summed E-state index contributed by atoms with van der Waals surface area (Å²) in [4.78, 5) is 2.38. The van der Waals surface area contributed by atoms with Crippen LogP contribution < -0.4 is 15.8 Å². The molecule has 38 heavy (non-hydrogen) atoms. The number of nitrogens with one attached hydrogen (secondary N) is 1. The summed E-state index contributed by atoms with van der Waals surface area (Å²) in [6.45, 7) is 11.5. The number of halogens is 3. The first kappa shape index (κ1) is 33.9. The molecular weight excluding hydrogens is 541 g/mol. The molecule has 4 rings (SSSR count). The molecule has 1 heterocycles. The van der Waals surface area contributed by atoms with Crippen molar-refractivity contribution in [2.24, 2.45) is 0 Å². The van der Waals surface area contributed by atoms with Gasteiger partial charge in [0.2, 0.25) is 0 Å². The van der Waals surface area contributed by atoms with Crippen molar-refractivity contribution in [1.82, 2.24) is 4.90 Å². The molecule has 3 aromatic carbocycles. The summed E-state index contributed by atoms with van der Waals surface area (Å²) in [5.41, 5.74) is 14.1. The molecule has 1 atom stereocenters. The van der Waals surface area contributed by atoms with Crippen molar-refractivity contribution < 1.29 is 9.84 Å². The molecule has 0 aromatic heterocycles. The Morgan fingerprint density at radius 2 is 1.37 bits per heavy atom. The van der Waals surface area contributed by atoms with Crippen LogP contribution in [0.15, 0.2) is 54.6 Å². The summed E-state index contributed by atoms with van der Waals surface area (Å²) in [5, 5.41) is 14.2. The van der Waals surface area contributed by atoms with E-state index in [0.29, 0.717) is 19.0 Å². The highest BCUT2D eigenvalue weighted by atomic mass is 35.5. The molecule has 1 aliphatic rings. The van der Waals surface area contributed by atoms with Crippen LogP contribution in [-0.4, -0.2) is 42.3 Å². The summed E-state index contributed by atoms with van der Waals surface area (Å²) >= 11 is 0. The Bertz CT molecular complexity index is 1110. The second kappa shape index (κ2) is 15.4. The standard InChI is InChI=1S/C30H39N3O2.3ClH/c1-20-22(3)30(23(4)21(2)29(20)31)32-18-26(34)19-33-16-14-25(15-17-33)24-10-12-28(13-11-24)35-27-8-6-5-7-9-27;;;/h5-13,25-26,32,34H,14-19,31H2,1-4H3;3*1H. The fourth-order valence-electron chi connectivity index (χ4n) is 5.07. The fraction of sp³-hybridized carbons (Fsp3) is 0.400. The average molecular weight is 583 g/mol. The predicted molar refractivity (Wildman–Crippen MR) is 167 cm³/mol. The van der Waals surface area contributed by atoms with E-state index in [9.17, 15) is 5.11 Å². The van der Waals surface area contributed by atoms with E-state index in [1.807, 2.05) is 30.3 Å². The molecule has 0 radical (unpaired) electrons. The SMILES string of the molecule is Cc1c(C)c(NCC(O)CN2CCC(c3ccc(Oc4ccccc4)cc3)CC2)c(C)c(C)c1N.Cl.Cl.Cl. The molecule has 1 aliphatic heterocycles. The van der Waals surface area contributed by atoms with E-state index in [1.54, 1.807) is 0 Å². The number of nitrogens with zero attached hydrogens (tertiary/aromatic N) is 1. The normalized spacial score (nSPS) is 14.4. The van der Waals surface area contributed by atoms with Gasteiger partial charge in [-0.25, -0.2) is 0 Å². The number of aliphatic hydroxyl groups is 1. The zero-order valence-electron chi connectivity index (χ0n) is 22.7. The number of likely N-dealkylation sites (tertiary alicyclic amines) is 1. The molecule has 0 spiro atoms. The minimum Gasteiger partial charge on any atom is -0.457 e. The fourth-order valence-corrected chi connectivity index (χ4v) is 5.07. The molecule has 5 nitrogen and oxygen atoms in total. The molecule has 0 amide bonds. The zero-order chi connectivity index (χ0) is 24.9. The highest BCUT2D eigenvalue weighted by Crippen LogP contribution is 2.33. The van der Waals surface area contributed by atoms with Crippen molar-refractivity contribution in [2.75, 3.05) is 37.2 Å². The van der Waals surface area contributed by atoms with Gasteiger partial charge in [-0.3, -0.25) is 0 Å². The van der Waals surface area contributed by atoms with Crippen LogP contribution in [0.5, 0.6) is 11.5 Å². The van der Waals surface area contributed by atoms with E-state index < -0.39 is 6.10 Å². The lowest BCUT2D eigenvalue weighted by atomic mass is 9.89. The lowest BCUT2D eigenvalue weighted by Gasteiger charge is -2.33. The van der Waals surface area contributed by atoms with Gasteiger partial charge >= 0.3 is 0 Å². The Morgan fingerprint density at radius 1 is 0.842 bits per heavy atom. The third kappa shape index (κ3) is 8.17. The molecule has 1 unspecified atom stereocenters. The van der Waals surface area contributed by atoms with Gasteiger partial charge in [0.1, 0.15) is 11.5 Å². The van der Waals surface area contributed by atoms with E-state index >= 15 is 0 Å². The van der Waals surface area contributed by atoms with E-state index in [0.717, 1.165) is 59.9 Å². The van der Waals surface area contributed by atoms with Crippen molar-refractivity contribution in [3.8, 4) is 11.5 Å². The predicted octanol–water partition coefficient (Wildman–Crippen LogP) is 7.21. The van der Waals surface area contributed by atoms with Gasteiger partial charge in [-0.1, -0.05) is 30.3 Å². The maximum absolute atomic E-state index is 10.7. The second-order valence-electron chi connectivity index (χ2n) is 9.88. The molecule has 1 saturated heterocycles. The molecule has 210 valence electrons. The first-order valence-electron chi connectivity index (χ1n) is 12.7. The summed E-state index contributed by atoms with van der Waals surface area (Å²) in [5.74, 6) is 2.27. The summed E-state index contributed by atoms with van der Waals surface area (Å²) < 4.78 is 5.92. The smallest absolute Gasteiger partial charge is 0.127 e. The monoisotopic (exact) mass is 581 g/mol. The Morgan fingerprint density at radius 3 is 1.92 bits per heavy atom. The number of aliphatic hydroxyl groups excluding tert-OH is 1. The Balaban J connectivity index is 0.00000241. The topological polar surface area (TPSA) is 70.8 Å². The molecule has 4 N–H and O–H groups in total. The van der Waals surface area contributed by atoms with E-state index in [4.69, 9.17) is 10.5 Å². The zero-order valence-corrected chi connectivity index (χ0v) is 25.1. The van der Waals surface area contributed by atoms with E-state index in [-0.39, 0.29) is 37.2 Å². The maximum atomic E-state index is 10.7. The molecule has 0 aliphatic carbocycles. The van der Waals surface area contributed by atoms with E-state index in [1.165, 1.54) is 16.7 Å². The number of para-hydroxylation sites is 1. The van der Waals surface area contributed by atoms with Crippen molar-refractivity contribution in [1.29, 1.82) is 0 Å². The first-order valence-corrected chi connectivity index (χ1v) is 12.7. The first-order chi connectivity index (χ1) is 16.8. The van der Waals surface area contributed by atoms with E-state index in [2.05, 4.69) is 62.2 Å². The number of ether oxygens (including phenoxy) is 1. The number of hydrogen-bond donors (Lipinski definition) is 3. The van der Waals surface area contributed by atoms with Gasteiger partial charge in [-0.15, -0.1) is 37.2 Å². The number of benzene rings is 3. The lowest BCUT2D eigenvalue weighted by molar-refractivity contribution is 0.105. The van der Waals surface area contributed by atoms with Gasteiger partial charge < -0.3 is 25.8 Å². The van der Waals surface area contributed by atoms with Gasteiger partial charge in [-0.05, 0) is 112 Å². The minimum absolute atomic E-state index is 0. The summed E-state index contributed by atoms with van der Waals surface area (Å²) in [6, 6.07) is 18.4. The number of piperidine rings is 1. The maximum Gasteiger partial charge on any atom is 0.127 e. The third-order valence-corrected chi connectivity index (χ3v) is 7.58. The van der Waals surface area contributed by atoms with Crippen LogP contribution in [0.2, 0.25) is 0 Å². The number of β-amino-alcohol motifs (C(OH)–C–C–N with tert-alkyl or cyclic N) is 1. The number of nitrogens with two attached hydrogens (primary N) is 1. The Kier molecular flexibility index (Phi) is 13.8. The van der Waals surface area contributed by atoms with Crippen molar-refractivity contribution >= 4 is 48.6 Å². The van der Waals surface area contributed by atoms with Crippen LogP contribution in [0.1, 0.15) is 46.6 Å². The number of nitrogen functional groups attached to an aromatic ring is 1. The summed E-state index contributed by atoms with van der Waals surface area (Å²) in [7, 11) is 0. The Labute approximate surface area is 246 Å². The quantitative estimate of drug-likeness (QED) is 0.245. The largest absolute Gasteiger partial charge is 0.457 e. The summed E-state index contributed by atoms with van der Waals surface area (Å²) in [6.07, 6.45) is 1.79. The number of hydrogen-bond acceptors (Lipinski definition) is 5. The highest BCUT2D eigenvalue weighted by Gasteiger charge is 2.22. The van der Waals surface area contributed by atoms with Crippen LogP contribution in [0, 0.1) is 27.7 Å². The van der Waals surface area contributed by atoms with Crippen LogP contribution in [-0.2, 0) is 0 Å². The molecule has 3 aromatic rings. The third-order valence-electron chi connectivity index (χ3n) is 7.58. The number of anilines is 2. The van der Waals surface area contributed by atoms with Crippen LogP contribution in [0.4, 0.5) is 11.4 Å². The molecule has 0 bridgehead atoms. The van der Waals surface area contributed by atoms with Gasteiger partial charge in [0, 0.05) is 24.5 Å². The van der Waals surface area contributed by atoms with Gasteiger partial charge in [0.05, 0.1) is 6.10 Å². The second-order valence-corrected chi connectivity index (χ2v) is 9.88. The van der Waals surface area contributed by atoms with Gasteiger partial charge in [-0.2, -0.15) is 0 Å². The van der Waals surface area contributed by atoms with Gasteiger partial charge in [0.25, 0.3) is 0 Å². The number of rotatable bonds is 8. The highest BCUT2D eigenvalue weighted by molar-refractivity contribution is 5.86. The van der Waals surface area contributed by atoms with Crippen LogP contribution in [0.25, 0.3) is 0 Å². The van der Waals surface area contributed by atoms with Crippen molar-refractivity contribution in [3.63, 3.8) is 0 Å².